The van der Waals surface area contributed by atoms with E-state index in [0.717, 1.165) is 15.3 Å². The van der Waals surface area contributed by atoms with E-state index in [2.05, 4.69) is 10.6 Å². The van der Waals surface area contributed by atoms with Gasteiger partial charge in [-0.05, 0) is 44.9 Å². The van der Waals surface area contributed by atoms with Crippen LogP contribution in [0.3, 0.4) is 0 Å². The van der Waals surface area contributed by atoms with Crippen LogP contribution in [0.2, 0.25) is 0 Å². The zero-order chi connectivity index (χ0) is 22.3. The minimum atomic E-state index is -0.742. The highest BCUT2D eigenvalue weighted by Gasteiger charge is 2.23. The zero-order valence-corrected chi connectivity index (χ0v) is 18.9. The van der Waals surface area contributed by atoms with E-state index in [9.17, 15) is 19.2 Å². The summed E-state index contributed by atoms with van der Waals surface area (Å²) in [5.41, 5.74) is 1.15. The van der Waals surface area contributed by atoms with Gasteiger partial charge >= 0.3 is 11.9 Å². The summed E-state index contributed by atoms with van der Waals surface area (Å²) in [6.45, 7) is 6.69. The first-order chi connectivity index (χ1) is 14.3. The average molecular weight is 453 g/mol. The molecule has 2 aromatic rings. The predicted octanol–water partition coefficient (Wildman–Crippen LogP) is 3.08. The van der Waals surface area contributed by atoms with Crippen molar-refractivity contribution in [1.82, 2.24) is 5.32 Å². The number of hydrogen-bond donors (Lipinski definition) is 2. The lowest BCUT2D eigenvalue weighted by atomic mass is 10.1. The Hall–Kier alpha value is -2.72. The quantitative estimate of drug-likeness (QED) is 0.566. The molecule has 2 amide bonds. The highest BCUT2D eigenvalue weighted by atomic mass is 32.1. The van der Waals surface area contributed by atoms with Gasteiger partial charge in [0.2, 0.25) is 0 Å². The average Bonchev–Trinajstić information content (AvgIpc) is 3.27. The van der Waals surface area contributed by atoms with Gasteiger partial charge < -0.3 is 20.1 Å². The van der Waals surface area contributed by atoms with Crippen LogP contribution in [0.1, 0.15) is 49.2 Å². The molecular formula is C20H24N2O6S2. The number of esters is 2. The topological polar surface area (TPSA) is 111 Å². The van der Waals surface area contributed by atoms with Crippen LogP contribution in [-0.4, -0.2) is 43.5 Å². The number of amides is 2. The van der Waals surface area contributed by atoms with Gasteiger partial charge in [0.15, 0.2) is 6.61 Å². The van der Waals surface area contributed by atoms with Crippen LogP contribution in [0.15, 0.2) is 12.1 Å². The second-order valence-corrected chi connectivity index (χ2v) is 8.73. The number of hydrogen-bond acceptors (Lipinski definition) is 8. The summed E-state index contributed by atoms with van der Waals surface area (Å²) in [6.07, 6.45) is 0.616. The predicted molar refractivity (Wildman–Crippen MR) is 115 cm³/mol. The van der Waals surface area contributed by atoms with Crippen LogP contribution in [0, 0.1) is 13.8 Å². The number of thiophene rings is 2. The summed E-state index contributed by atoms with van der Waals surface area (Å²) in [6, 6.07) is 3.48. The van der Waals surface area contributed by atoms with E-state index in [1.54, 1.807) is 13.0 Å². The van der Waals surface area contributed by atoms with E-state index >= 15 is 0 Å². The van der Waals surface area contributed by atoms with E-state index in [1.165, 1.54) is 22.7 Å². The molecule has 0 unspecified atom stereocenters. The largest absolute Gasteiger partial charge is 0.462 e. The summed E-state index contributed by atoms with van der Waals surface area (Å²) < 4.78 is 9.99. The van der Waals surface area contributed by atoms with Crippen molar-refractivity contribution in [2.45, 2.75) is 34.1 Å². The standard InChI is InChI=1S/C20H24N2O6S2/c1-5-13-12(4)30-19(17(13)20(26)27-6-2)22-15(23)10-28-16(24)9-21-18(25)14-8-7-11(3)29-14/h7-8H,5-6,9-10H2,1-4H3,(H,21,25)(H,22,23). The van der Waals surface area contributed by atoms with Crippen molar-refractivity contribution in [2.75, 3.05) is 25.1 Å². The summed E-state index contributed by atoms with van der Waals surface area (Å²) in [7, 11) is 0. The van der Waals surface area contributed by atoms with E-state index in [4.69, 9.17) is 9.47 Å². The first-order valence-corrected chi connectivity index (χ1v) is 11.0. The Kier molecular flexibility index (Phi) is 8.55. The Bertz CT molecular complexity index is 947. The highest BCUT2D eigenvalue weighted by molar-refractivity contribution is 7.16. The second kappa shape index (κ2) is 10.9. The number of carbonyl (C=O) groups excluding carboxylic acids is 4. The molecule has 0 atom stereocenters. The molecule has 0 fully saturated rings. The van der Waals surface area contributed by atoms with E-state index in [1.807, 2.05) is 26.8 Å². The van der Waals surface area contributed by atoms with Crippen molar-refractivity contribution in [3.63, 3.8) is 0 Å². The number of ether oxygens (including phenoxy) is 2. The highest BCUT2D eigenvalue weighted by Crippen LogP contribution is 2.34. The number of nitrogens with one attached hydrogen (secondary N) is 2. The molecule has 2 heterocycles. The number of anilines is 1. The third-order valence-electron chi connectivity index (χ3n) is 4.02. The fraction of sp³-hybridized carbons (Fsp3) is 0.400. The second-order valence-electron chi connectivity index (χ2n) is 6.22. The van der Waals surface area contributed by atoms with Gasteiger partial charge in [-0.15, -0.1) is 22.7 Å². The van der Waals surface area contributed by atoms with Crippen molar-refractivity contribution in [1.29, 1.82) is 0 Å². The van der Waals surface area contributed by atoms with Crippen molar-refractivity contribution in [3.8, 4) is 0 Å². The van der Waals surface area contributed by atoms with Crippen molar-refractivity contribution >= 4 is 51.4 Å². The molecule has 0 aliphatic heterocycles. The maximum Gasteiger partial charge on any atom is 0.341 e. The van der Waals surface area contributed by atoms with E-state index in [-0.39, 0.29) is 19.1 Å². The minimum absolute atomic E-state index is 0.221. The van der Waals surface area contributed by atoms with Gasteiger partial charge in [-0.2, -0.15) is 0 Å². The molecule has 0 saturated carbocycles. The lowest BCUT2D eigenvalue weighted by Crippen LogP contribution is -2.31. The van der Waals surface area contributed by atoms with E-state index in [0.29, 0.717) is 21.9 Å². The molecule has 0 aromatic carbocycles. The molecule has 0 aliphatic rings. The van der Waals surface area contributed by atoms with Crippen LogP contribution in [0.4, 0.5) is 5.00 Å². The molecule has 0 bridgehead atoms. The molecule has 10 heteroatoms. The lowest BCUT2D eigenvalue weighted by Gasteiger charge is -2.09. The maximum atomic E-state index is 12.3. The summed E-state index contributed by atoms with van der Waals surface area (Å²) >= 11 is 2.58. The summed E-state index contributed by atoms with van der Waals surface area (Å²) in [4.78, 5) is 50.6. The monoisotopic (exact) mass is 452 g/mol. The van der Waals surface area contributed by atoms with Gasteiger partial charge in [0.1, 0.15) is 11.5 Å². The van der Waals surface area contributed by atoms with Gasteiger partial charge in [-0.1, -0.05) is 6.92 Å². The van der Waals surface area contributed by atoms with Crippen LogP contribution < -0.4 is 10.6 Å². The fourth-order valence-electron chi connectivity index (χ4n) is 2.67. The fourth-order valence-corrected chi connectivity index (χ4v) is 4.60. The third-order valence-corrected chi connectivity index (χ3v) is 6.08. The smallest absolute Gasteiger partial charge is 0.341 e. The first kappa shape index (κ1) is 23.6. The Morgan fingerprint density at radius 2 is 1.77 bits per heavy atom. The van der Waals surface area contributed by atoms with Gasteiger partial charge in [-0.3, -0.25) is 14.4 Å². The maximum absolute atomic E-state index is 12.3. The minimum Gasteiger partial charge on any atom is -0.462 e. The molecule has 0 spiro atoms. The molecule has 0 saturated heterocycles. The SMILES string of the molecule is CCOC(=O)c1c(NC(=O)COC(=O)CNC(=O)c2ccc(C)s2)sc(C)c1CC. The lowest BCUT2D eigenvalue weighted by molar-refractivity contribution is -0.146. The molecular weight excluding hydrogens is 428 g/mol. The first-order valence-electron chi connectivity index (χ1n) is 9.36. The van der Waals surface area contributed by atoms with Crippen LogP contribution in [0.5, 0.6) is 0 Å². The summed E-state index contributed by atoms with van der Waals surface area (Å²) in [5, 5.41) is 5.42. The van der Waals surface area contributed by atoms with Gasteiger partial charge in [0.25, 0.3) is 11.8 Å². The molecule has 0 aliphatic carbocycles. The Morgan fingerprint density at radius 1 is 1.03 bits per heavy atom. The van der Waals surface area contributed by atoms with Crippen LogP contribution >= 0.6 is 22.7 Å². The summed E-state index contributed by atoms with van der Waals surface area (Å²) in [5.74, 6) is -2.21. The van der Waals surface area contributed by atoms with Crippen molar-refractivity contribution in [2.24, 2.45) is 0 Å². The van der Waals surface area contributed by atoms with Crippen LogP contribution in [-0.2, 0) is 25.5 Å². The molecule has 0 radical (unpaired) electrons. The van der Waals surface area contributed by atoms with E-state index < -0.39 is 24.5 Å². The van der Waals surface area contributed by atoms with Crippen LogP contribution in [0.25, 0.3) is 0 Å². The van der Waals surface area contributed by atoms with Crippen molar-refractivity contribution < 1.29 is 28.7 Å². The number of aryl methyl sites for hydroxylation is 2. The molecule has 8 nitrogen and oxygen atoms in total. The Morgan fingerprint density at radius 3 is 2.37 bits per heavy atom. The Balaban J connectivity index is 1.89. The molecule has 2 N–H and O–H groups in total. The molecule has 30 heavy (non-hydrogen) atoms. The van der Waals surface area contributed by atoms with Crippen molar-refractivity contribution in [3.05, 3.63) is 37.9 Å². The van der Waals surface area contributed by atoms with Gasteiger partial charge in [0, 0.05) is 9.75 Å². The number of rotatable bonds is 9. The number of carbonyl (C=O) groups is 4. The molecule has 2 rings (SSSR count). The molecule has 162 valence electrons. The zero-order valence-electron chi connectivity index (χ0n) is 17.2. The molecule has 2 aromatic heterocycles. The van der Waals surface area contributed by atoms with Gasteiger partial charge in [0.05, 0.1) is 17.0 Å². The Labute approximate surface area is 182 Å². The normalized spacial score (nSPS) is 10.4. The third kappa shape index (κ3) is 6.14. The van der Waals surface area contributed by atoms with Gasteiger partial charge in [-0.25, -0.2) is 4.79 Å².